The number of hydrogen-bond donors (Lipinski definition) is 1. The third-order valence-corrected chi connectivity index (χ3v) is 1.89. The van der Waals surface area contributed by atoms with Crippen molar-refractivity contribution in [3.05, 3.63) is 27.3 Å². The molecule has 0 spiro atoms. The van der Waals surface area contributed by atoms with Gasteiger partial charge in [0.2, 0.25) is 0 Å². The van der Waals surface area contributed by atoms with E-state index in [4.69, 9.17) is 5.73 Å². The summed E-state index contributed by atoms with van der Waals surface area (Å²) in [6.07, 6.45) is 0.974. The summed E-state index contributed by atoms with van der Waals surface area (Å²) in [7, 11) is 0. The molecule has 0 saturated carbocycles. The van der Waals surface area contributed by atoms with Crippen molar-refractivity contribution in [1.29, 1.82) is 0 Å². The predicted octanol–water partition coefficient (Wildman–Crippen LogP) is 0.924. The minimum atomic E-state index is -0.650. The van der Waals surface area contributed by atoms with Gasteiger partial charge in [-0.3, -0.25) is 4.79 Å². The van der Waals surface area contributed by atoms with Gasteiger partial charge in [-0.1, -0.05) is 0 Å². The number of primary amides is 1. The highest BCUT2D eigenvalue weighted by Crippen LogP contribution is 2.09. The molecule has 0 aliphatic heterocycles. The Morgan fingerprint density at radius 3 is 2.82 bits per heavy atom. The SMILES string of the molecule is NC(=O)c1cc(I)c(F)cn1. The molecule has 0 bridgehead atoms. The number of amides is 1. The highest BCUT2D eigenvalue weighted by Gasteiger charge is 2.05. The fourth-order valence-electron chi connectivity index (χ4n) is 0.549. The summed E-state index contributed by atoms with van der Waals surface area (Å²) >= 11 is 1.76. The number of hydrogen-bond acceptors (Lipinski definition) is 2. The third kappa shape index (κ3) is 1.86. The number of halogens is 2. The van der Waals surface area contributed by atoms with Crippen molar-refractivity contribution in [3.63, 3.8) is 0 Å². The van der Waals surface area contributed by atoms with E-state index in [9.17, 15) is 9.18 Å². The van der Waals surface area contributed by atoms with Crippen molar-refractivity contribution in [1.82, 2.24) is 4.98 Å². The molecule has 5 heteroatoms. The molecule has 58 valence electrons. The van der Waals surface area contributed by atoms with Crippen molar-refractivity contribution in [2.24, 2.45) is 5.73 Å². The second kappa shape index (κ2) is 3.12. The van der Waals surface area contributed by atoms with Crippen molar-refractivity contribution < 1.29 is 9.18 Å². The van der Waals surface area contributed by atoms with Gasteiger partial charge in [0.15, 0.2) is 5.82 Å². The molecule has 1 aromatic heterocycles. The minimum absolute atomic E-state index is 0.0794. The first-order valence-corrected chi connectivity index (χ1v) is 3.80. The lowest BCUT2D eigenvalue weighted by molar-refractivity contribution is 0.0995. The third-order valence-electron chi connectivity index (χ3n) is 1.06. The van der Waals surface area contributed by atoms with E-state index in [0.717, 1.165) is 6.20 Å². The number of rotatable bonds is 1. The molecule has 1 heterocycles. The van der Waals surface area contributed by atoms with Gasteiger partial charge < -0.3 is 5.73 Å². The first kappa shape index (κ1) is 8.38. The van der Waals surface area contributed by atoms with E-state index in [-0.39, 0.29) is 5.69 Å². The number of carbonyl (C=O) groups is 1. The normalized spacial score (nSPS) is 9.64. The molecule has 2 N–H and O–H groups in total. The Labute approximate surface area is 75.9 Å². The van der Waals surface area contributed by atoms with Crippen molar-refractivity contribution in [2.45, 2.75) is 0 Å². The highest BCUT2D eigenvalue weighted by molar-refractivity contribution is 14.1. The van der Waals surface area contributed by atoms with E-state index in [1.54, 1.807) is 22.6 Å². The molecule has 0 aromatic carbocycles. The molecule has 11 heavy (non-hydrogen) atoms. The molecule has 0 unspecified atom stereocenters. The quantitative estimate of drug-likeness (QED) is 0.768. The molecule has 0 aliphatic carbocycles. The number of nitrogens with two attached hydrogens (primary N) is 1. The van der Waals surface area contributed by atoms with Crippen LogP contribution < -0.4 is 5.73 Å². The lowest BCUT2D eigenvalue weighted by atomic mass is 10.3. The summed E-state index contributed by atoms with van der Waals surface area (Å²) < 4.78 is 12.9. The fraction of sp³-hybridized carbons (Fsp3) is 0. The lowest BCUT2D eigenvalue weighted by Gasteiger charge is -1.95. The summed E-state index contributed by atoms with van der Waals surface area (Å²) in [6.45, 7) is 0. The molecule has 0 saturated heterocycles. The van der Waals surface area contributed by atoms with Crippen LogP contribution in [0.5, 0.6) is 0 Å². The maximum Gasteiger partial charge on any atom is 0.267 e. The molecule has 0 fully saturated rings. The van der Waals surface area contributed by atoms with Gasteiger partial charge in [-0.25, -0.2) is 9.37 Å². The predicted molar refractivity (Wildman–Crippen MR) is 45.4 cm³/mol. The summed E-state index contributed by atoms with van der Waals surface area (Å²) in [5.74, 6) is -1.10. The molecular formula is C6H4FIN2O. The molecule has 1 aromatic rings. The molecule has 1 amide bonds. The Bertz CT molecular complexity index is 303. The standard InChI is InChI=1S/C6H4FIN2O/c7-3-2-10-5(6(9)11)1-4(3)8/h1-2H,(H2,9,11). The second-order valence-corrected chi connectivity index (χ2v) is 3.01. The average molecular weight is 266 g/mol. The van der Waals surface area contributed by atoms with E-state index in [1.165, 1.54) is 6.07 Å². The molecule has 0 aliphatic rings. The number of nitrogens with zero attached hydrogens (tertiary/aromatic N) is 1. The van der Waals surface area contributed by atoms with Crippen LogP contribution in [0.15, 0.2) is 12.3 Å². The Morgan fingerprint density at radius 2 is 2.36 bits per heavy atom. The van der Waals surface area contributed by atoms with Gasteiger partial charge >= 0.3 is 0 Å². The fourth-order valence-corrected chi connectivity index (χ4v) is 0.983. The van der Waals surface area contributed by atoms with E-state index >= 15 is 0 Å². The molecule has 3 nitrogen and oxygen atoms in total. The largest absolute Gasteiger partial charge is 0.364 e. The molecule has 0 atom stereocenters. The first-order chi connectivity index (χ1) is 5.11. The average Bonchev–Trinajstić information content (AvgIpc) is 1.94. The van der Waals surface area contributed by atoms with Gasteiger partial charge in [0.25, 0.3) is 5.91 Å². The zero-order valence-electron chi connectivity index (χ0n) is 5.34. The van der Waals surface area contributed by atoms with Gasteiger partial charge in [-0.05, 0) is 28.7 Å². The molecule has 1 rings (SSSR count). The Kier molecular flexibility index (Phi) is 2.38. The number of pyridine rings is 1. The zero-order valence-corrected chi connectivity index (χ0v) is 7.50. The van der Waals surface area contributed by atoms with E-state index in [0.29, 0.717) is 3.57 Å². The summed E-state index contributed by atoms with van der Waals surface area (Å²) in [4.78, 5) is 14.0. The van der Waals surface area contributed by atoms with Gasteiger partial charge in [0.05, 0.1) is 9.77 Å². The van der Waals surface area contributed by atoms with Crippen LogP contribution in [0.3, 0.4) is 0 Å². The van der Waals surface area contributed by atoms with Gasteiger partial charge in [0, 0.05) is 0 Å². The van der Waals surface area contributed by atoms with Crippen LogP contribution in [-0.4, -0.2) is 10.9 Å². The topological polar surface area (TPSA) is 56.0 Å². The van der Waals surface area contributed by atoms with Crippen LogP contribution in [0.1, 0.15) is 10.5 Å². The van der Waals surface area contributed by atoms with E-state index < -0.39 is 11.7 Å². The minimum Gasteiger partial charge on any atom is -0.364 e. The smallest absolute Gasteiger partial charge is 0.267 e. The van der Waals surface area contributed by atoms with Crippen molar-refractivity contribution in [2.75, 3.05) is 0 Å². The van der Waals surface area contributed by atoms with E-state index in [1.807, 2.05) is 0 Å². The number of carbonyl (C=O) groups excluding carboxylic acids is 1. The van der Waals surface area contributed by atoms with Crippen LogP contribution in [0.25, 0.3) is 0 Å². The van der Waals surface area contributed by atoms with Crippen LogP contribution in [-0.2, 0) is 0 Å². The molecular weight excluding hydrogens is 262 g/mol. The zero-order chi connectivity index (χ0) is 8.43. The summed E-state index contributed by atoms with van der Waals surface area (Å²) in [5, 5.41) is 0. The maximum atomic E-state index is 12.5. The Morgan fingerprint density at radius 1 is 1.73 bits per heavy atom. The first-order valence-electron chi connectivity index (χ1n) is 2.72. The van der Waals surface area contributed by atoms with Crippen LogP contribution in [0, 0.1) is 9.39 Å². The second-order valence-electron chi connectivity index (χ2n) is 1.85. The monoisotopic (exact) mass is 266 g/mol. The van der Waals surface area contributed by atoms with E-state index in [2.05, 4.69) is 4.98 Å². The van der Waals surface area contributed by atoms with Crippen LogP contribution >= 0.6 is 22.6 Å². The number of aromatic nitrogens is 1. The molecule has 0 radical (unpaired) electrons. The van der Waals surface area contributed by atoms with Crippen LogP contribution in [0.4, 0.5) is 4.39 Å². The maximum absolute atomic E-state index is 12.5. The Balaban J connectivity index is 3.15. The van der Waals surface area contributed by atoms with Gasteiger partial charge in [-0.2, -0.15) is 0 Å². The van der Waals surface area contributed by atoms with Gasteiger partial charge in [-0.15, -0.1) is 0 Å². The highest BCUT2D eigenvalue weighted by atomic mass is 127. The van der Waals surface area contributed by atoms with Crippen LogP contribution in [0.2, 0.25) is 0 Å². The van der Waals surface area contributed by atoms with Gasteiger partial charge in [0.1, 0.15) is 5.69 Å². The van der Waals surface area contributed by atoms with Crippen molar-refractivity contribution >= 4 is 28.5 Å². The lowest BCUT2D eigenvalue weighted by Crippen LogP contribution is -2.13. The summed E-state index contributed by atoms with van der Waals surface area (Å²) in [6, 6.07) is 1.30. The Hall–Kier alpha value is -0.720. The summed E-state index contributed by atoms with van der Waals surface area (Å²) in [5.41, 5.74) is 4.98. The van der Waals surface area contributed by atoms with Crippen molar-refractivity contribution in [3.8, 4) is 0 Å².